The van der Waals surface area contributed by atoms with Gasteiger partial charge >= 0.3 is 0 Å². The minimum atomic E-state index is -4.11. The molecule has 0 bridgehead atoms. The molecular formula is C30H36ClN3O4S. The summed E-state index contributed by atoms with van der Waals surface area (Å²) in [5.74, 6) is -0.709. The molecule has 7 nitrogen and oxygen atoms in total. The monoisotopic (exact) mass is 569 g/mol. The molecule has 1 atom stereocenters. The Morgan fingerprint density at radius 2 is 1.59 bits per heavy atom. The lowest BCUT2D eigenvalue weighted by atomic mass is 10.1. The van der Waals surface area contributed by atoms with Crippen LogP contribution in [0.1, 0.15) is 37.8 Å². The van der Waals surface area contributed by atoms with E-state index < -0.39 is 28.5 Å². The number of amides is 2. The van der Waals surface area contributed by atoms with Crippen molar-refractivity contribution in [3.8, 4) is 0 Å². The summed E-state index contributed by atoms with van der Waals surface area (Å²) in [6.45, 7) is 5.85. The number of hydrogen-bond acceptors (Lipinski definition) is 4. The maximum absolute atomic E-state index is 14.0. The van der Waals surface area contributed by atoms with Gasteiger partial charge in [0.2, 0.25) is 11.8 Å². The van der Waals surface area contributed by atoms with Gasteiger partial charge in [-0.1, -0.05) is 74.0 Å². The number of carbonyl (C=O) groups is 2. The molecule has 2 amide bonds. The Morgan fingerprint density at radius 3 is 2.18 bits per heavy atom. The van der Waals surface area contributed by atoms with Crippen molar-refractivity contribution >= 4 is 39.1 Å². The Hall–Kier alpha value is -3.36. The highest BCUT2D eigenvalue weighted by Crippen LogP contribution is 2.29. The van der Waals surface area contributed by atoms with Gasteiger partial charge in [0.25, 0.3) is 10.0 Å². The zero-order valence-corrected chi connectivity index (χ0v) is 24.2. The van der Waals surface area contributed by atoms with Gasteiger partial charge in [-0.15, -0.1) is 0 Å². The van der Waals surface area contributed by atoms with Crippen LogP contribution in [-0.4, -0.2) is 50.8 Å². The quantitative estimate of drug-likeness (QED) is 0.306. The van der Waals surface area contributed by atoms with E-state index in [2.05, 4.69) is 5.32 Å². The van der Waals surface area contributed by atoms with Crippen molar-refractivity contribution in [3.63, 3.8) is 0 Å². The van der Waals surface area contributed by atoms with E-state index >= 15 is 0 Å². The molecule has 3 aromatic rings. The Kier molecular flexibility index (Phi) is 10.9. The van der Waals surface area contributed by atoms with Crippen LogP contribution in [0.15, 0.2) is 83.8 Å². The second kappa shape index (κ2) is 14.1. The third-order valence-corrected chi connectivity index (χ3v) is 8.47. The van der Waals surface area contributed by atoms with Crippen LogP contribution in [0, 0.1) is 6.92 Å². The van der Waals surface area contributed by atoms with E-state index in [-0.39, 0.29) is 17.3 Å². The summed E-state index contributed by atoms with van der Waals surface area (Å²) in [5.41, 5.74) is 1.97. The summed E-state index contributed by atoms with van der Waals surface area (Å²) in [4.78, 5) is 28.7. The molecule has 208 valence electrons. The van der Waals surface area contributed by atoms with E-state index in [1.165, 1.54) is 17.0 Å². The highest BCUT2D eigenvalue weighted by Gasteiger charge is 2.33. The SMILES string of the molecule is CCCNC(=O)[C@@H](CC)N(CCc1ccccc1)C(=O)CN(c1ccc(Cl)cc1C)S(=O)(=O)c1ccccc1. The Balaban J connectivity index is 2.02. The molecule has 0 aromatic heterocycles. The predicted molar refractivity (Wildman–Crippen MR) is 156 cm³/mol. The van der Waals surface area contributed by atoms with Crippen LogP contribution in [0.2, 0.25) is 5.02 Å². The number of anilines is 1. The van der Waals surface area contributed by atoms with Crippen LogP contribution < -0.4 is 9.62 Å². The van der Waals surface area contributed by atoms with Crippen LogP contribution in [0.4, 0.5) is 5.69 Å². The van der Waals surface area contributed by atoms with Crippen molar-refractivity contribution in [2.75, 3.05) is 23.9 Å². The van der Waals surface area contributed by atoms with Gasteiger partial charge in [-0.05, 0) is 67.6 Å². The van der Waals surface area contributed by atoms with E-state index in [4.69, 9.17) is 11.6 Å². The highest BCUT2D eigenvalue weighted by molar-refractivity contribution is 7.92. The number of hydrogen-bond donors (Lipinski definition) is 1. The number of carbonyl (C=O) groups excluding carboxylic acids is 2. The Labute approximate surface area is 236 Å². The van der Waals surface area contributed by atoms with Crippen molar-refractivity contribution in [2.45, 2.75) is 51.0 Å². The molecule has 0 saturated heterocycles. The number of nitrogens with zero attached hydrogens (tertiary/aromatic N) is 2. The molecular weight excluding hydrogens is 534 g/mol. The Bertz CT molecular complexity index is 1350. The Morgan fingerprint density at radius 1 is 0.949 bits per heavy atom. The molecule has 3 aromatic carbocycles. The topological polar surface area (TPSA) is 86.8 Å². The van der Waals surface area contributed by atoms with Crippen molar-refractivity contribution < 1.29 is 18.0 Å². The van der Waals surface area contributed by atoms with Crippen molar-refractivity contribution in [3.05, 3.63) is 95.0 Å². The van der Waals surface area contributed by atoms with E-state index in [1.54, 1.807) is 43.3 Å². The van der Waals surface area contributed by atoms with Crippen molar-refractivity contribution in [2.24, 2.45) is 0 Å². The van der Waals surface area contributed by atoms with Gasteiger partial charge in [-0.3, -0.25) is 13.9 Å². The number of sulfonamides is 1. The minimum Gasteiger partial charge on any atom is -0.354 e. The van der Waals surface area contributed by atoms with Crippen molar-refractivity contribution in [1.29, 1.82) is 0 Å². The number of nitrogens with one attached hydrogen (secondary N) is 1. The summed E-state index contributed by atoms with van der Waals surface area (Å²) in [7, 11) is -4.11. The summed E-state index contributed by atoms with van der Waals surface area (Å²) >= 11 is 6.16. The van der Waals surface area contributed by atoms with Crippen LogP contribution >= 0.6 is 11.6 Å². The fourth-order valence-corrected chi connectivity index (χ4v) is 6.12. The third kappa shape index (κ3) is 7.83. The average Bonchev–Trinajstić information content (AvgIpc) is 2.94. The third-order valence-electron chi connectivity index (χ3n) is 6.46. The summed E-state index contributed by atoms with van der Waals surface area (Å²) in [5, 5.41) is 3.35. The molecule has 1 N–H and O–H groups in total. The van der Waals surface area contributed by atoms with Gasteiger partial charge in [0, 0.05) is 18.1 Å². The standard InChI is InChI=1S/C30H36ClN3O4S/c1-4-19-32-30(36)27(5-2)33(20-18-24-12-8-6-9-13-24)29(35)22-34(28-17-16-25(31)21-23(28)3)39(37,38)26-14-10-7-11-15-26/h6-17,21,27H,4-5,18-20,22H2,1-3H3,(H,32,36)/t27-/m1/s1. The summed E-state index contributed by atoms with van der Waals surface area (Å²) < 4.78 is 28.8. The van der Waals surface area contributed by atoms with E-state index in [9.17, 15) is 18.0 Å². The lowest BCUT2D eigenvalue weighted by Gasteiger charge is -2.33. The maximum atomic E-state index is 14.0. The maximum Gasteiger partial charge on any atom is 0.264 e. The molecule has 0 heterocycles. The fourth-order valence-electron chi connectivity index (χ4n) is 4.39. The molecule has 9 heteroatoms. The smallest absolute Gasteiger partial charge is 0.264 e. The van der Waals surface area contributed by atoms with E-state index in [0.717, 1.165) is 16.3 Å². The normalized spacial score (nSPS) is 12.0. The molecule has 0 radical (unpaired) electrons. The molecule has 0 saturated carbocycles. The van der Waals surface area contributed by atoms with Crippen LogP contribution in [0.3, 0.4) is 0 Å². The minimum absolute atomic E-state index is 0.0655. The lowest BCUT2D eigenvalue weighted by molar-refractivity contribution is -0.139. The van der Waals surface area contributed by atoms with Gasteiger partial charge in [-0.2, -0.15) is 0 Å². The van der Waals surface area contributed by atoms with Gasteiger partial charge in [0.15, 0.2) is 0 Å². The molecule has 0 aliphatic rings. The summed E-state index contributed by atoms with van der Waals surface area (Å²) in [6, 6.07) is 21.8. The molecule has 3 rings (SSSR count). The first kappa shape index (κ1) is 30.2. The highest BCUT2D eigenvalue weighted by atomic mass is 35.5. The number of rotatable bonds is 13. The van der Waals surface area contributed by atoms with Crippen LogP contribution in [-0.2, 0) is 26.0 Å². The lowest BCUT2D eigenvalue weighted by Crippen LogP contribution is -2.53. The zero-order chi connectivity index (χ0) is 28.4. The van der Waals surface area contributed by atoms with Crippen LogP contribution in [0.25, 0.3) is 0 Å². The van der Waals surface area contributed by atoms with Gasteiger partial charge in [-0.25, -0.2) is 8.42 Å². The van der Waals surface area contributed by atoms with Crippen LogP contribution in [0.5, 0.6) is 0 Å². The van der Waals surface area contributed by atoms with E-state index in [0.29, 0.717) is 35.7 Å². The zero-order valence-electron chi connectivity index (χ0n) is 22.6. The molecule has 0 fully saturated rings. The summed E-state index contributed by atoms with van der Waals surface area (Å²) in [6.07, 6.45) is 1.68. The predicted octanol–water partition coefficient (Wildman–Crippen LogP) is 5.22. The second-order valence-corrected chi connectivity index (χ2v) is 11.6. The van der Waals surface area contributed by atoms with Gasteiger partial charge in [0.05, 0.1) is 10.6 Å². The first-order valence-electron chi connectivity index (χ1n) is 13.1. The average molecular weight is 570 g/mol. The first-order chi connectivity index (χ1) is 18.7. The number of benzene rings is 3. The largest absolute Gasteiger partial charge is 0.354 e. The molecule has 39 heavy (non-hydrogen) atoms. The number of halogens is 1. The molecule has 0 spiro atoms. The molecule has 0 aliphatic carbocycles. The van der Waals surface area contributed by atoms with Gasteiger partial charge in [0.1, 0.15) is 12.6 Å². The van der Waals surface area contributed by atoms with E-state index in [1.807, 2.05) is 44.2 Å². The number of aryl methyl sites for hydroxylation is 1. The van der Waals surface area contributed by atoms with Crippen molar-refractivity contribution in [1.82, 2.24) is 10.2 Å². The molecule has 0 unspecified atom stereocenters. The van der Waals surface area contributed by atoms with Gasteiger partial charge < -0.3 is 10.2 Å². The second-order valence-electron chi connectivity index (χ2n) is 9.29. The first-order valence-corrected chi connectivity index (χ1v) is 15.0. The molecule has 0 aliphatic heterocycles. The fraction of sp³-hybridized carbons (Fsp3) is 0.333.